The first kappa shape index (κ1) is 22.1. The lowest BCUT2D eigenvalue weighted by molar-refractivity contribution is -0.118. The first-order valence-corrected chi connectivity index (χ1v) is 10.7. The molecule has 4 atom stereocenters. The molecule has 1 saturated heterocycles. The summed E-state index contributed by atoms with van der Waals surface area (Å²) in [5, 5.41) is 13.2. The number of alkyl halides is 1. The van der Waals surface area contributed by atoms with Crippen LogP contribution in [0.2, 0.25) is 0 Å². The number of carbonyl (C=O) groups is 1. The molecule has 0 bridgehead atoms. The number of H-pyrrole nitrogens is 1. The van der Waals surface area contributed by atoms with Crippen molar-refractivity contribution in [3.8, 4) is 0 Å². The Labute approximate surface area is 180 Å². The van der Waals surface area contributed by atoms with Gasteiger partial charge in [0, 0.05) is 17.5 Å². The number of carbonyl (C=O) groups excluding carboxylic acids is 1. The van der Waals surface area contributed by atoms with Crippen molar-refractivity contribution in [2.75, 3.05) is 30.1 Å². The molecular weight excluding hydrogens is 497 g/mol. The van der Waals surface area contributed by atoms with Gasteiger partial charge in [0.15, 0.2) is 17.4 Å². The highest BCUT2D eigenvalue weighted by molar-refractivity contribution is 14.1. The molecule has 2 unspecified atom stereocenters. The number of nitrogens with zero attached hydrogens (tertiary/aromatic N) is 3. The van der Waals surface area contributed by atoms with Crippen molar-refractivity contribution in [2.45, 2.75) is 38.4 Å². The van der Waals surface area contributed by atoms with Crippen LogP contribution in [0.4, 0.5) is 5.95 Å². The summed E-state index contributed by atoms with van der Waals surface area (Å²) >= 11 is 2.13. The van der Waals surface area contributed by atoms with Crippen molar-refractivity contribution in [3.05, 3.63) is 16.7 Å². The Morgan fingerprint density at radius 2 is 2.24 bits per heavy atom. The third-order valence-corrected chi connectivity index (χ3v) is 5.40. The molecule has 0 spiro atoms. The van der Waals surface area contributed by atoms with Gasteiger partial charge in [-0.15, -0.1) is 0 Å². The van der Waals surface area contributed by atoms with Gasteiger partial charge in [0.05, 0.1) is 25.6 Å². The summed E-state index contributed by atoms with van der Waals surface area (Å²) in [6.45, 7) is 4.09. The standard InChI is InChI=1S/C17H24IN5O6/c1-8(2)14(25)21-17-20-13-10(15(26)22-17)19-7-23(13)16-12(28-5-4-27-3)11(24)9(6-18)29-16/h7-9,11-12,16,24H,4-6H2,1-3H3,(H2,20,21,22,25,26)/t9-,11?,12?,16-/m1/s1. The number of aromatic nitrogens is 4. The molecule has 3 heterocycles. The maximum Gasteiger partial charge on any atom is 0.280 e. The number of ether oxygens (including phenoxy) is 3. The Kier molecular flexibility index (Phi) is 7.21. The van der Waals surface area contributed by atoms with Crippen LogP contribution >= 0.6 is 22.6 Å². The summed E-state index contributed by atoms with van der Waals surface area (Å²) in [7, 11) is 1.56. The van der Waals surface area contributed by atoms with E-state index in [4.69, 9.17) is 14.2 Å². The van der Waals surface area contributed by atoms with Gasteiger partial charge in [-0.05, 0) is 0 Å². The fourth-order valence-corrected chi connectivity index (χ4v) is 3.68. The number of rotatable bonds is 8. The number of anilines is 1. The lowest BCUT2D eigenvalue weighted by Gasteiger charge is -2.22. The van der Waals surface area contributed by atoms with E-state index in [2.05, 4.69) is 42.9 Å². The molecule has 2 aromatic heterocycles. The van der Waals surface area contributed by atoms with Gasteiger partial charge in [0.2, 0.25) is 11.9 Å². The zero-order valence-corrected chi connectivity index (χ0v) is 18.5. The first-order valence-electron chi connectivity index (χ1n) is 9.15. The molecule has 3 rings (SSSR count). The van der Waals surface area contributed by atoms with E-state index in [1.54, 1.807) is 25.5 Å². The number of fused-ring (bicyclic) bond motifs is 1. The Bertz CT molecular complexity index is 915. The predicted molar refractivity (Wildman–Crippen MR) is 112 cm³/mol. The van der Waals surface area contributed by atoms with Crippen LogP contribution in [0, 0.1) is 5.92 Å². The number of aromatic amines is 1. The molecule has 3 N–H and O–H groups in total. The van der Waals surface area contributed by atoms with Crippen LogP contribution in [0.25, 0.3) is 11.2 Å². The van der Waals surface area contributed by atoms with Gasteiger partial charge >= 0.3 is 0 Å². The molecule has 1 amide bonds. The summed E-state index contributed by atoms with van der Waals surface area (Å²) in [5.41, 5.74) is -0.174. The van der Waals surface area contributed by atoms with Gasteiger partial charge in [-0.2, -0.15) is 4.98 Å². The third-order valence-electron chi connectivity index (χ3n) is 4.54. The highest BCUT2D eigenvalue weighted by atomic mass is 127. The van der Waals surface area contributed by atoms with E-state index in [1.807, 2.05) is 0 Å². The van der Waals surface area contributed by atoms with Crippen LogP contribution in [-0.4, -0.2) is 73.6 Å². The molecule has 12 heteroatoms. The molecule has 29 heavy (non-hydrogen) atoms. The highest BCUT2D eigenvalue weighted by Crippen LogP contribution is 2.34. The van der Waals surface area contributed by atoms with E-state index < -0.39 is 30.1 Å². The maximum absolute atomic E-state index is 12.4. The van der Waals surface area contributed by atoms with Gasteiger partial charge in [-0.3, -0.25) is 24.5 Å². The monoisotopic (exact) mass is 521 g/mol. The van der Waals surface area contributed by atoms with E-state index in [0.717, 1.165) is 0 Å². The van der Waals surface area contributed by atoms with Crippen LogP contribution in [0.1, 0.15) is 20.1 Å². The smallest absolute Gasteiger partial charge is 0.280 e. The maximum atomic E-state index is 12.4. The molecule has 1 aliphatic rings. The number of methoxy groups -OCH3 is 1. The second-order valence-corrected chi connectivity index (χ2v) is 7.80. The zero-order chi connectivity index (χ0) is 21.1. The topological polar surface area (TPSA) is 141 Å². The SMILES string of the molecule is COCCOC1C(O)[C@@H](CI)O[C@H]1n1cnc2c(=O)[nH]c(NC(=O)C(C)C)nc21. The molecule has 0 aromatic carbocycles. The summed E-state index contributed by atoms with van der Waals surface area (Å²) in [5.74, 6) is -0.544. The van der Waals surface area contributed by atoms with Crippen LogP contribution in [0.5, 0.6) is 0 Å². The van der Waals surface area contributed by atoms with Crippen molar-refractivity contribution >= 4 is 45.6 Å². The van der Waals surface area contributed by atoms with Crippen molar-refractivity contribution in [1.82, 2.24) is 19.5 Å². The molecule has 0 radical (unpaired) electrons. The number of nitrogens with one attached hydrogen (secondary N) is 2. The van der Waals surface area contributed by atoms with Crippen LogP contribution in [0.3, 0.4) is 0 Å². The van der Waals surface area contributed by atoms with Crippen molar-refractivity contribution in [3.63, 3.8) is 0 Å². The van der Waals surface area contributed by atoms with Crippen LogP contribution in [-0.2, 0) is 19.0 Å². The highest BCUT2D eigenvalue weighted by Gasteiger charge is 2.45. The van der Waals surface area contributed by atoms with Crippen LogP contribution < -0.4 is 10.9 Å². The summed E-state index contributed by atoms with van der Waals surface area (Å²) < 4.78 is 18.9. The number of hydrogen-bond donors (Lipinski definition) is 3. The summed E-state index contributed by atoms with van der Waals surface area (Å²) in [6.07, 6.45) is -1.34. The minimum absolute atomic E-state index is 0.0174. The molecular formula is C17H24IN5O6. The van der Waals surface area contributed by atoms with E-state index in [0.29, 0.717) is 11.0 Å². The average Bonchev–Trinajstić information content (AvgIpc) is 3.23. The summed E-state index contributed by atoms with van der Waals surface area (Å²) in [6, 6.07) is 0. The summed E-state index contributed by atoms with van der Waals surface area (Å²) in [4.78, 5) is 35.3. The first-order chi connectivity index (χ1) is 13.9. The minimum atomic E-state index is -0.867. The number of aliphatic hydroxyl groups is 1. The third kappa shape index (κ3) is 4.60. The average molecular weight is 521 g/mol. The Morgan fingerprint density at radius 1 is 1.48 bits per heavy atom. The molecule has 11 nitrogen and oxygen atoms in total. The normalized spacial score (nSPS) is 24.5. The predicted octanol–water partition coefficient (Wildman–Crippen LogP) is 0.439. The van der Waals surface area contributed by atoms with Crippen molar-refractivity contribution in [1.29, 1.82) is 0 Å². The molecule has 1 aliphatic heterocycles. The molecule has 2 aromatic rings. The van der Waals surface area contributed by atoms with Gasteiger partial charge < -0.3 is 19.3 Å². The zero-order valence-electron chi connectivity index (χ0n) is 16.3. The molecule has 0 aliphatic carbocycles. The van der Waals surface area contributed by atoms with E-state index in [-0.39, 0.29) is 35.5 Å². The number of amides is 1. The van der Waals surface area contributed by atoms with Gasteiger partial charge in [0.1, 0.15) is 12.2 Å². The Hall–Kier alpha value is -1.61. The van der Waals surface area contributed by atoms with Gasteiger partial charge in [-0.1, -0.05) is 36.4 Å². The fraction of sp³-hybridized carbons (Fsp3) is 0.647. The number of aliphatic hydroxyl groups excluding tert-OH is 1. The van der Waals surface area contributed by atoms with E-state index >= 15 is 0 Å². The second kappa shape index (κ2) is 9.47. The second-order valence-electron chi connectivity index (χ2n) is 6.92. The van der Waals surface area contributed by atoms with Crippen molar-refractivity contribution < 1.29 is 24.1 Å². The minimum Gasteiger partial charge on any atom is -0.387 e. The fourth-order valence-electron chi connectivity index (χ4n) is 2.95. The van der Waals surface area contributed by atoms with E-state index in [9.17, 15) is 14.7 Å². The van der Waals surface area contributed by atoms with Crippen LogP contribution in [0.15, 0.2) is 11.1 Å². The lowest BCUT2D eigenvalue weighted by Crippen LogP contribution is -2.35. The number of halogens is 1. The Balaban J connectivity index is 1.97. The molecule has 0 saturated carbocycles. The Morgan fingerprint density at radius 3 is 2.90 bits per heavy atom. The van der Waals surface area contributed by atoms with E-state index in [1.165, 1.54) is 6.33 Å². The van der Waals surface area contributed by atoms with Crippen molar-refractivity contribution in [2.24, 2.45) is 5.92 Å². The molecule has 160 valence electrons. The largest absolute Gasteiger partial charge is 0.387 e. The lowest BCUT2D eigenvalue weighted by atomic mass is 10.1. The number of imidazole rings is 1. The quantitative estimate of drug-likeness (QED) is 0.258. The van der Waals surface area contributed by atoms with Gasteiger partial charge in [-0.25, -0.2) is 4.98 Å². The van der Waals surface area contributed by atoms with Gasteiger partial charge in [0.25, 0.3) is 5.56 Å². The number of hydrogen-bond acceptors (Lipinski definition) is 8. The molecule has 1 fully saturated rings.